The molecule has 3 atom stereocenters. The largest absolute Gasteiger partial charge is 0.472 e. The summed E-state index contributed by atoms with van der Waals surface area (Å²) in [6, 6.07) is 0. The Hall–Kier alpha value is -3.11. The topological polar surface area (TPSA) is 149 Å². The zero-order valence-electron chi connectivity index (χ0n) is 35.0. The second-order valence-electron chi connectivity index (χ2n) is 13.7. The maximum absolute atomic E-state index is 12.6. The van der Waals surface area contributed by atoms with Crippen LogP contribution in [-0.2, 0) is 32.7 Å². The van der Waals surface area contributed by atoms with Crippen molar-refractivity contribution in [1.29, 1.82) is 0 Å². The number of phosphoric acid groups is 1. The lowest BCUT2D eigenvalue weighted by atomic mass is 10.1. The van der Waals surface area contributed by atoms with E-state index < -0.39 is 51.8 Å². The fourth-order valence-electron chi connectivity index (χ4n) is 4.92. The first-order valence-electron chi connectivity index (χ1n) is 21.2. The van der Waals surface area contributed by atoms with Gasteiger partial charge < -0.3 is 24.6 Å². The summed E-state index contributed by atoms with van der Waals surface area (Å²) in [5.74, 6) is -1.08. The summed E-state index contributed by atoms with van der Waals surface area (Å²) in [6.45, 7) is 2.16. The van der Waals surface area contributed by atoms with E-state index >= 15 is 0 Å². The van der Waals surface area contributed by atoms with Crippen molar-refractivity contribution in [3.63, 3.8) is 0 Å². The van der Waals surface area contributed by atoms with Crippen LogP contribution in [0.25, 0.3) is 0 Å². The molecule has 0 fully saturated rings. The van der Waals surface area contributed by atoms with Gasteiger partial charge in [-0.2, -0.15) is 0 Å². The molecule has 324 valence electrons. The fraction of sp³-hybridized carbons (Fsp3) is 0.609. The van der Waals surface area contributed by atoms with Crippen molar-refractivity contribution >= 4 is 19.8 Å². The average Bonchev–Trinajstić information content (AvgIpc) is 3.20. The quantitative estimate of drug-likeness (QED) is 0.0238. The van der Waals surface area contributed by atoms with Crippen LogP contribution in [0.2, 0.25) is 0 Å². The highest BCUT2D eigenvalue weighted by Crippen LogP contribution is 2.43. The van der Waals surface area contributed by atoms with Gasteiger partial charge in [0.05, 0.1) is 19.8 Å². The third-order valence-electron chi connectivity index (χ3n) is 8.22. The number of carbonyl (C=O) groups excluding carboxylic acids is 2. The number of hydrogen-bond acceptors (Lipinski definition) is 9. The molecule has 0 spiro atoms. The molecule has 0 aromatic carbocycles. The number of allylic oxidation sites excluding steroid dienone is 16. The maximum Gasteiger partial charge on any atom is 0.472 e. The van der Waals surface area contributed by atoms with Gasteiger partial charge in [0.2, 0.25) is 0 Å². The zero-order valence-corrected chi connectivity index (χ0v) is 35.9. The maximum atomic E-state index is 12.6. The van der Waals surface area contributed by atoms with Gasteiger partial charge in [0.15, 0.2) is 6.10 Å². The van der Waals surface area contributed by atoms with Crippen molar-refractivity contribution in [3.05, 3.63) is 97.2 Å². The summed E-state index contributed by atoms with van der Waals surface area (Å²) < 4.78 is 32.5. The molecule has 0 aliphatic carbocycles. The van der Waals surface area contributed by atoms with Crippen LogP contribution >= 0.6 is 7.82 Å². The van der Waals surface area contributed by atoms with E-state index in [9.17, 15) is 24.2 Å². The molecule has 0 aromatic heterocycles. The standard InChI is InChI=1S/C46H75O10P/c1-3-5-7-9-11-13-15-17-19-20-21-22-24-26-28-30-32-34-36-38-46(50)56-44(42-55-57(51,52)54-40-43(48)39-47)41-53-45(49)37-35-33-31-29-27-25-23-18-16-14-12-10-8-6-4-2/h11-14,17-19,21-23,26-29,32,34,43-44,47-48H,3-10,15-16,20,24-25,30-31,33,35-42H2,1-2H3,(H,51,52)/b13-11+,14-12+,19-17+,22-21+,23-18+,28-26+,29-27+,34-32+/t43-,44+/m0/s1. The van der Waals surface area contributed by atoms with Crippen LogP contribution in [0.5, 0.6) is 0 Å². The number of esters is 2. The van der Waals surface area contributed by atoms with Gasteiger partial charge in [-0.3, -0.25) is 18.6 Å². The molecule has 57 heavy (non-hydrogen) atoms. The van der Waals surface area contributed by atoms with Crippen LogP contribution in [-0.4, -0.2) is 65.7 Å². The zero-order chi connectivity index (χ0) is 41.9. The van der Waals surface area contributed by atoms with Crippen molar-refractivity contribution < 1.29 is 47.8 Å². The highest BCUT2D eigenvalue weighted by molar-refractivity contribution is 7.47. The lowest BCUT2D eigenvalue weighted by Crippen LogP contribution is -2.29. The highest BCUT2D eigenvalue weighted by atomic mass is 31.2. The Morgan fingerprint density at radius 2 is 0.930 bits per heavy atom. The van der Waals surface area contributed by atoms with E-state index in [0.29, 0.717) is 12.8 Å². The molecule has 0 aliphatic rings. The Labute approximate surface area is 344 Å². The number of ether oxygens (including phenoxy) is 2. The first kappa shape index (κ1) is 53.9. The first-order valence-corrected chi connectivity index (χ1v) is 22.7. The molecule has 0 aromatic rings. The van der Waals surface area contributed by atoms with E-state index in [4.69, 9.17) is 19.1 Å². The molecule has 0 rings (SSSR count). The van der Waals surface area contributed by atoms with E-state index in [1.165, 1.54) is 44.9 Å². The lowest BCUT2D eigenvalue weighted by Gasteiger charge is -2.20. The third-order valence-corrected chi connectivity index (χ3v) is 9.18. The minimum absolute atomic E-state index is 0.0467. The van der Waals surface area contributed by atoms with Crippen molar-refractivity contribution in [2.75, 3.05) is 26.4 Å². The Kier molecular flexibility index (Phi) is 38.8. The number of aliphatic hydroxyl groups excluding tert-OH is 2. The van der Waals surface area contributed by atoms with Crippen LogP contribution in [0.4, 0.5) is 0 Å². The molecule has 0 aliphatic heterocycles. The van der Waals surface area contributed by atoms with Crippen LogP contribution < -0.4 is 0 Å². The Balaban J connectivity index is 4.53. The summed E-state index contributed by atoms with van der Waals surface area (Å²) >= 11 is 0. The van der Waals surface area contributed by atoms with Crippen LogP contribution in [0.1, 0.15) is 142 Å². The molecule has 11 heteroatoms. The van der Waals surface area contributed by atoms with Gasteiger partial charge in [0.25, 0.3) is 0 Å². The highest BCUT2D eigenvalue weighted by Gasteiger charge is 2.27. The van der Waals surface area contributed by atoms with E-state index in [1.807, 2.05) is 12.2 Å². The van der Waals surface area contributed by atoms with Crippen molar-refractivity contribution in [3.8, 4) is 0 Å². The van der Waals surface area contributed by atoms with E-state index in [1.54, 1.807) is 0 Å². The van der Waals surface area contributed by atoms with E-state index in [0.717, 1.165) is 57.8 Å². The van der Waals surface area contributed by atoms with Gasteiger partial charge in [-0.15, -0.1) is 0 Å². The fourth-order valence-corrected chi connectivity index (χ4v) is 5.71. The van der Waals surface area contributed by atoms with Gasteiger partial charge in [0, 0.05) is 12.8 Å². The monoisotopic (exact) mass is 819 g/mol. The molecular formula is C46H75O10P. The molecule has 0 saturated heterocycles. The molecule has 1 unspecified atom stereocenters. The summed E-state index contributed by atoms with van der Waals surface area (Å²) in [6.07, 6.45) is 49.6. The molecular weight excluding hydrogens is 743 g/mol. The number of carbonyl (C=O) groups is 2. The summed E-state index contributed by atoms with van der Waals surface area (Å²) in [7, 11) is -4.65. The summed E-state index contributed by atoms with van der Waals surface area (Å²) in [5, 5.41) is 18.3. The number of hydrogen-bond donors (Lipinski definition) is 3. The normalized spacial score (nSPS) is 14.8. The predicted octanol–water partition coefficient (Wildman–Crippen LogP) is 11.2. The SMILES string of the molecule is CCCCC/C=C/C/C=C/C/C=C/C/C=C/C/C=C/CCC(=O)O[C@H](COC(=O)CCCC/C=C/C/C=C/C/C=C/CCCCC)COP(=O)(O)OC[C@@H](O)CO. The Bertz CT molecular complexity index is 1260. The van der Waals surface area contributed by atoms with Crippen molar-refractivity contribution in [2.24, 2.45) is 0 Å². The summed E-state index contributed by atoms with van der Waals surface area (Å²) in [5.41, 5.74) is 0. The van der Waals surface area contributed by atoms with E-state index in [2.05, 4.69) is 103 Å². The van der Waals surface area contributed by atoms with Crippen LogP contribution in [0.15, 0.2) is 97.2 Å². The first-order chi connectivity index (χ1) is 27.7. The average molecular weight is 819 g/mol. The lowest BCUT2D eigenvalue weighted by molar-refractivity contribution is -0.161. The number of aliphatic hydroxyl groups is 2. The molecule has 0 radical (unpaired) electrons. The van der Waals surface area contributed by atoms with Gasteiger partial charge in [0.1, 0.15) is 12.7 Å². The molecule has 0 bridgehead atoms. The van der Waals surface area contributed by atoms with Gasteiger partial charge in [-0.25, -0.2) is 4.57 Å². The van der Waals surface area contributed by atoms with Crippen LogP contribution in [0.3, 0.4) is 0 Å². The molecule has 0 amide bonds. The van der Waals surface area contributed by atoms with Crippen molar-refractivity contribution in [1.82, 2.24) is 0 Å². The molecule has 3 N–H and O–H groups in total. The smallest absolute Gasteiger partial charge is 0.462 e. The molecule has 0 saturated carbocycles. The molecule has 10 nitrogen and oxygen atoms in total. The van der Waals surface area contributed by atoms with E-state index in [-0.39, 0.29) is 19.4 Å². The van der Waals surface area contributed by atoms with Crippen LogP contribution in [0, 0.1) is 0 Å². The number of unbranched alkanes of at least 4 members (excludes halogenated alkanes) is 8. The number of phosphoric ester groups is 1. The number of rotatable bonds is 38. The molecule has 0 heterocycles. The Morgan fingerprint density at radius 3 is 1.37 bits per heavy atom. The van der Waals surface area contributed by atoms with Crippen molar-refractivity contribution in [2.45, 2.75) is 154 Å². The third kappa shape index (κ3) is 40.9. The Morgan fingerprint density at radius 1 is 0.526 bits per heavy atom. The minimum Gasteiger partial charge on any atom is -0.462 e. The predicted molar refractivity (Wildman–Crippen MR) is 232 cm³/mol. The minimum atomic E-state index is -4.65. The summed E-state index contributed by atoms with van der Waals surface area (Å²) in [4.78, 5) is 34.9. The van der Waals surface area contributed by atoms with Gasteiger partial charge >= 0.3 is 19.8 Å². The second-order valence-corrected chi connectivity index (χ2v) is 15.1. The second kappa shape index (κ2) is 41.1. The van der Waals surface area contributed by atoms with Gasteiger partial charge in [-0.05, 0) is 89.9 Å². The van der Waals surface area contributed by atoms with Gasteiger partial charge in [-0.1, -0.05) is 137 Å².